The number of β-amino-alcohol motifs (C(OH)–C–C–N with tert-alkyl or cyclic N) is 1. The van der Waals surface area contributed by atoms with Crippen LogP contribution in [0.15, 0.2) is 54.9 Å². The summed E-state index contributed by atoms with van der Waals surface area (Å²) in [4.78, 5) is 30.3. The number of hydrogen-bond acceptors (Lipinski definition) is 6. The number of hydrogen-bond donors (Lipinski definition) is 1. The highest BCUT2D eigenvalue weighted by Gasteiger charge is 2.36. The number of pyridine rings is 2. The first-order chi connectivity index (χ1) is 16.4. The standard InChI is InChI=1S/C26H30N6O2/c1-19-29-20-7-3-4-9-22(20)32(19)16-11-24(33)30(2)17-26(34)12-6-15-31(18-26)23-10-14-27-21-8-5-13-28-25(21)23/h3-5,7-10,13-14,34H,6,11-12,15-18H2,1-2H3/t26-/m0/s1. The van der Waals surface area contributed by atoms with E-state index in [0.717, 1.165) is 46.5 Å². The number of fused-ring (bicyclic) bond motifs is 2. The molecule has 1 N–H and O–H groups in total. The van der Waals surface area contributed by atoms with E-state index in [4.69, 9.17) is 0 Å². The highest BCUT2D eigenvalue weighted by atomic mass is 16.3. The van der Waals surface area contributed by atoms with Crippen molar-refractivity contribution in [1.82, 2.24) is 24.4 Å². The number of aromatic nitrogens is 4. The van der Waals surface area contributed by atoms with E-state index < -0.39 is 5.60 Å². The summed E-state index contributed by atoms with van der Waals surface area (Å²) in [5.74, 6) is 0.912. The number of aryl methyl sites for hydroxylation is 2. The van der Waals surface area contributed by atoms with Gasteiger partial charge < -0.3 is 19.5 Å². The summed E-state index contributed by atoms with van der Waals surface area (Å²) in [5, 5.41) is 11.4. The minimum atomic E-state index is -0.981. The number of piperidine rings is 1. The molecular formula is C26H30N6O2. The molecule has 176 valence electrons. The van der Waals surface area contributed by atoms with Crippen molar-refractivity contribution in [3.8, 4) is 0 Å². The Labute approximate surface area is 198 Å². The lowest BCUT2D eigenvalue weighted by atomic mass is 9.91. The Kier molecular flexibility index (Phi) is 5.91. The minimum absolute atomic E-state index is 0.0127. The molecule has 4 aromatic rings. The number of benzene rings is 1. The summed E-state index contributed by atoms with van der Waals surface area (Å²) in [6.07, 6.45) is 5.40. The zero-order valence-electron chi connectivity index (χ0n) is 19.7. The zero-order valence-corrected chi connectivity index (χ0v) is 19.7. The van der Waals surface area contributed by atoms with Gasteiger partial charge >= 0.3 is 0 Å². The van der Waals surface area contributed by atoms with E-state index in [9.17, 15) is 9.90 Å². The van der Waals surface area contributed by atoms with Crippen LogP contribution in [-0.2, 0) is 11.3 Å². The maximum atomic E-state index is 13.0. The molecule has 8 heteroatoms. The van der Waals surface area contributed by atoms with E-state index in [2.05, 4.69) is 24.4 Å². The predicted octanol–water partition coefficient (Wildman–Crippen LogP) is 3.17. The van der Waals surface area contributed by atoms with Crippen LogP contribution in [0.5, 0.6) is 0 Å². The third-order valence-corrected chi connectivity index (χ3v) is 6.72. The lowest BCUT2D eigenvalue weighted by molar-refractivity contribution is -0.133. The number of carbonyl (C=O) groups excluding carboxylic acids is 1. The van der Waals surface area contributed by atoms with Crippen molar-refractivity contribution in [2.45, 2.75) is 38.3 Å². The number of amides is 1. The Hall–Kier alpha value is -3.52. The first-order valence-corrected chi connectivity index (χ1v) is 11.8. The fourth-order valence-corrected chi connectivity index (χ4v) is 5.07. The van der Waals surface area contributed by atoms with Crippen molar-refractivity contribution >= 4 is 33.7 Å². The number of anilines is 1. The van der Waals surface area contributed by atoms with Crippen LogP contribution in [0, 0.1) is 6.92 Å². The predicted molar refractivity (Wildman–Crippen MR) is 133 cm³/mol. The van der Waals surface area contributed by atoms with Crippen LogP contribution in [0.1, 0.15) is 25.1 Å². The maximum absolute atomic E-state index is 13.0. The van der Waals surface area contributed by atoms with Crippen molar-refractivity contribution in [3.63, 3.8) is 0 Å². The van der Waals surface area contributed by atoms with Gasteiger partial charge in [-0.1, -0.05) is 12.1 Å². The Morgan fingerprint density at radius 3 is 2.82 bits per heavy atom. The fraction of sp³-hybridized carbons (Fsp3) is 0.385. The lowest BCUT2D eigenvalue weighted by Crippen LogP contribution is -2.54. The summed E-state index contributed by atoms with van der Waals surface area (Å²) in [6, 6.07) is 13.7. The summed E-state index contributed by atoms with van der Waals surface area (Å²) in [6.45, 7) is 4.11. The normalized spacial score (nSPS) is 18.5. The summed E-state index contributed by atoms with van der Waals surface area (Å²) < 4.78 is 2.08. The molecule has 1 fully saturated rings. The van der Waals surface area contributed by atoms with Crippen molar-refractivity contribution in [2.24, 2.45) is 0 Å². The SMILES string of the molecule is Cc1nc2ccccc2n1CCC(=O)N(C)C[C@@]1(O)CCCN(c2ccnc3cccnc23)C1. The minimum Gasteiger partial charge on any atom is -0.386 e. The molecule has 0 bridgehead atoms. The second-order valence-electron chi connectivity index (χ2n) is 9.25. The number of nitrogens with zero attached hydrogens (tertiary/aromatic N) is 6. The summed E-state index contributed by atoms with van der Waals surface area (Å²) in [5.41, 5.74) is 3.64. The Morgan fingerprint density at radius 2 is 1.94 bits per heavy atom. The molecule has 0 aliphatic carbocycles. The van der Waals surface area contributed by atoms with Crippen LogP contribution < -0.4 is 4.90 Å². The second kappa shape index (κ2) is 9.02. The molecule has 1 aliphatic rings. The monoisotopic (exact) mass is 458 g/mol. The molecule has 0 saturated carbocycles. The third kappa shape index (κ3) is 4.33. The van der Waals surface area contributed by atoms with Gasteiger partial charge in [0.25, 0.3) is 0 Å². The molecular weight excluding hydrogens is 428 g/mol. The number of likely N-dealkylation sites (N-methyl/N-ethyl adjacent to an activating group) is 1. The van der Waals surface area contributed by atoms with Crippen LogP contribution in [0.3, 0.4) is 0 Å². The van der Waals surface area contributed by atoms with E-state index >= 15 is 0 Å². The van der Waals surface area contributed by atoms with Gasteiger partial charge in [0.2, 0.25) is 5.91 Å². The quantitative estimate of drug-likeness (QED) is 0.478. The van der Waals surface area contributed by atoms with E-state index in [0.29, 0.717) is 32.5 Å². The molecule has 1 aliphatic heterocycles. The van der Waals surface area contributed by atoms with E-state index in [1.807, 2.05) is 49.4 Å². The van der Waals surface area contributed by atoms with Gasteiger partial charge in [-0.15, -0.1) is 0 Å². The summed E-state index contributed by atoms with van der Waals surface area (Å²) >= 11 is 0. The van der Waals surface area contributed by atoms with Gasteiger partial charge in [0.05, 0.1) is 34.4 Å². The van der Waals surface area contributed by atoms with Crippen LogP contribution >= 0.6 is 0 Å². The molecule has 1 atom stereocenters. The Morgan fingerprint density at radius 1 is 1.12 bits per heavy atom. The maximum Gasteiger partial charge on any atom is 0.224 e. The summed E-state index contributed by atoms with van der Waals surface area (Å²) in [7, 11) is 1.78. The van der Waals surface area contributed by atoms with Gasteiger partial charge in [-0.25, -0.2) is 4.98 Å². The van der Waals surface area contributed by atoms with Gasteiger partial charge in [0, 0.05) is 45.5 Å². The average molecular weight is 459 g/mol. The van der Waals surface area contributed by atoms with Gasteiger partial charge in [-0.3, -0.25) is 14.8 Å². The van der Waals surface area contributed by atoms with E-state index in [1.54, 1.807) is 24.3 Å². The molecule has 3 aromatic heterocycles. The molecule has 5 rings (SSSR count). The smallest absolute Gasteiger partial charge is 0.224 e. The van der Waals surface area contributed by atoms with Gasteiger partial charge in [-0.05, 0) is 50.1 Å². The van der Waals surface area contributed by atoms with Crippen molar-refractivity contribution < 1.29 is 9.90 Å². The number of rotatable bonds is 6. The number of imidazole rings is 1. The van der Waals surface area contributed by atoms with Crippen LogP contribution in [0.4, 0.5) is 5.69 Å². The van der Waals surface area contributed by atoms with E-state index in [1.165, 1.54) is 0 Å². The van der Waals surface area contributed by atoms with Gasteiger partial charge in [0.1, 0.15) is 11.3 Å². The Bertz CT molecular complexity index is 1330. The van der Waals surface area contributed by atoms with Crippen LogP contribution in [0.25, 0.3) is 22.1 Å². The molecule has 0 radical (unpaired) electrons. The zero-order chi connectivity index (χ0) is 23.7. The van der Waals surface area contributed by atoms with Crippen LogP contribution in [0.2, 0.25) is 0 Å². The lowest BCUT2D eigenvalue weighted by Gasteiger charge is -2.42. The van der Waals surface area contributed by atoms with Crippen LogP contribution in [-0.4, -0.2) is 67.7 Å². The largest absolute Gasteiger partial charge is 0.386 e. The van der Waals surface area contributed by atoms with Crippen molar-refractivity contribution in [1.29, 1.82) is 0 Å². The first kappa shape index (κ1) is 22.3. The molecule has 1 amide bonds. The number of carbonyl (C=O) groups is 1. The Balaban J connectivity index is 1.25. The molecule has 0 unspecified atom stereocenters. The second-order valence-corrected chi connectivity index (χ2v) is 9.25. The van der Waals surface area contributed by atoms with Crippen molar-refractivity contribution in [3.05, 3.63) is 60.7 Å². The molecule has 0 spiro atoms. The highest BCUT2D eigenvalue weighted by Crippen LogP contribution is 2.30. The number of para-hydroxylation sites is 2. The molecule has 8 nitrogen and oxygen atoms in total. The molecule has 34 heavy (non-hydrogen) atoms. The first-order valence-electron chi connectivity index (χ1n) is 11.8. The van der Waals surface area contributed by atoms with Gasteiger partial charge in [-0.2, -0.15) is 0 Å². The molecule has 1 saturated heterocycles. The van der Waals surface area contributed by atoms with Gasteiger partial charge in [0.15, 0.2) is 0 Å². The third-order valence-electron chi connectivity index (χ3n) is 6.72. The van der Waals surface area contributed by atoms with E-state index in [-0.39, 0.29) is 5.91 Å². The average Bonchev–Trinajstić information content (AvgIpc) is 3.16. The van der Waals surface area contributed by atoms with Crippen molar-refractivity contribution in [2.75, 3.05) is 31.6 Å². The topological polar surface area (TPSA) is 87.4 Å². The highest BCUT2D eigenvalue weighted by molar-refractivity contribution is 5.87. The number of aliphatic hydroxyl groups is 1. The fourth-order valence-electron chi connectivity index (χ4n) is 5.07. The molecule has 4 heterocycles. The molecule has 1 aromatic carbocycles.